The van der Waals surface area contributed by atoms with Crippen LogP contribution < -0.4 is 10.6 Å². The standard InChI is InChI=1S/C17H21N3O/c1-3-10-19-17(21)16-12-14(9-11-18-16)20-15-8-6-5-7-13(15)4-2/h5-9,11-12H,3-4,10H2,1-2H3,(H,18,20)(H,19,21). The second-order valence-corrected chi connectivity index (χ2v) is 4.82. The number of aromatic nitrogens is 1. The van der Waals surface area contributed by atoms with Crippen LogP contribution in [0.25, 0.3) is 0 Å². The average molecular weight is 283 g/mol. The van der Waals surface area contributed by atoms with Crippen molar-refractivity contribution in [3.05, 3.63) is 53.9 Å². The fourth-order valence-corrected chi connectivity index (χ4v) is 2.07. The van der Waals surface area contributed by atoms with Crippen LogP contribution in [0.15, 0.2) is 42.6 Å². The van der Waals surface area contributed by atoms with Crippen LogP contribution in [-0.4, -0.2) is 17.4 Å². The van der Waals surface area contributed by atoms with E-state index in [1.54, 1.807) is 12.3 Å². The lowest BCUT2D eigenvalue weighted by Crippen LogP contribution is -2.24. The minimum atomic E-state index is -0.135. The van der Waals surface area contributed by atoms with Gasteiger partial charge >= 0.3 is 0 Å². The minimum Gasteiger partial charge on any atom is -0.355 e. The molecular weight excluding hydrogens is 262 g/mol. The van der Waals surface area contributed by atoms with Crippen molar-refractivity contribution in [3.8, 4) is 0 Å². The van der Waals surface area contributed by atoms with Gasteiger partial charge < -0.3 is 10.6 Å². The molecular formula is C17H21N3O. The first-order valence-corrected chi connectivity index (χ1v) is 7.33. The highest BCUT2D eigenvalue weighted by Crippen LogP contribution is 2.21. The van der Waals surface area contributed by atoms with Crippen molar-refractivity contribution in [2.24, 2.45) is 0 Å². The zero-order chi connectivity index (χ0) is 15.1. The highest BCUT2D eigenvalue weighted by Gasteiger charge is 2.07. The summed E-state index contributed by atoms with van der Waals surface area (Å²) in [5, 5.41) is 6.19. The number of nitrogens with one attached hydrogen (secondary N) is 2. The fraction of sp³-hybridized carbons (Fsp3) is 0.294. The van der Waals surface area contributed by atoms with E-state index in [9.17, 15) is 4.79 Å². The van der Waals surface area contributed by atoms with Crippen LogP contribution in [0, 0.1) is 0 Å². The molecule has 0 unspecified atom stereocenters. The Hall–Kier alpha value is -2.36. The average Bonchev–Trinajstić information content (AvgIpc) is 2.53. The van der Waals surface area contributed by atoms with Crippen molar-refractivity contribution in [1.82, 2.24) is 10.3 Å². The number of para-hydroxylation sites is 1. The molecule has 2 N–H and O–H groups in total. The van der Waals surface area contributed by atoms with Crippen molar-refractivity contribution in [2.75, 3.05) is 11.9 Å². The number of hydrogen-bond donors (Lipinski definition) is 2. The number of rotatable bonds is 6. The summed E-state index contributed by atoms with van der Waals surface area (Å²) in [5.74, 6) is -0.135. The zero-order valence-corrected chi connectivity index (χ0v) is 12.5. The minimum absolute atomic E-state index is 0.135. The second-order valence-electron chi connectivity index (χ2n) is 4.82. The first kappa shape index (κ1) is 15.0. The van der Waals surface area contributed by atoms with Gasteiger partial charge in [-0.05, 0) is 36.6 Å². The normalized spacial score (nSPS) is 10.2. The topological polar surface area (TPSA) is 54.0 Å². The molecule has 0 saturated heterocycles. The zero-order valence-electron chi connectivity index (χ0n) is 12.5. The molecule has 0 aliphatic rings. The predicted molar refractivity (Wildman–Crippen MR) is 86.0 cm³/mol. The van der Waals surface area contributed by atoms with Crippen LogP contribution in [0.5, 0.6) is 0 Å². The van der Waals surface area contributed by atoms with E-state index in [4.69, 9.17) is 0 Å². The van der Waals surface area contributed by atoms with E-state index in [0.717, 1.165) is 24.2 Å². The molecule has 0 aliphatic carbocycles. The SMILES string of the molecule is CCCNC(=O)c1cc(Nc2ccccc2CC)ccn1. The van der Waals surface area contributed by atoms with E-state index in [1.165, 1.54) is 5.56 Å². The molecule has 0 fully saturated rings. The molecule has 1 aromatic carbocycles. The van der Waals surface area contributed by atoms with E-state index in [-0.39, 0.29) is 5.91 Å². The maximum atomic E-state index is 11.9. The Bertz CT molecular complexity index is 610. The van der Waals surface area contributed by atoms with Crippen LogP contribution in [-0.2, 0) is 6.42 Å². The molecule has 0 aliphatic heterocycles. The lowest BCUT2D eigenvalue weighted by atomic mass is 10.1. The van der Waals surface area contributed by atoms with Crippen LogP contribution in [0.2, 0.25) is 0 Å². The van der Waals surface area contributed by atoms with E-state index >= 15 is 0 Å². The lowest BCUT2D eigenvalue weighted by molar-refractivity contribution is 0.0949. The molecule has 1 aromatic heterocycles. The highest BCUT2D eigenvalue weighted by atomic mass is 16.1. The van der Waals surface area contributed by atoms with Crippen molar-refractivity contribution >= 4 is 17.3 Å². The summed E-state index contributed by atoms with van der Waals surface area (Å²) in [5.41, 5.74) is 3.60. The Kier molecular flexibility index (Phi) is 5.32. The Morgan fingerprint density at radius 3 is 2.76 bits per heavy atom. The molecule has 0 atom stereocenters. The fourth-order valence-electron chi connectivity index (χ4n) is 2.07. The Balaban J connectivity index is 2.16. The molecule has 2 rings (SSSR count). The predicted octanol–water partition coefficient (Wildman–Crippen LogP) is 3.53. The third-order valence-corrected chi connectivity index (χ3v) is 3.21. The van der Waals surface area contributed by atoms with E-state index in [2.05, 4.69) is 28.6 Å². The van der Waals surface area contributed by atoms with Gasteiger partial charge in [-0.1, -0.05) is 32.0 Å². The molecule has 2 aromatic rings. The number of benzene rings is 1. The maximum absolute atomic E-state index is 11.9. The van der Waals surface area contributed by atoms with Crippen molar-refractivity contribution in [3.63, 3.8) is 0 Å². The molecule has 0 spiro atoms. The second kappa shape index (κ2) is 7.43. The third kappa shape index (κ3) is 4.05. The van der Waals surface area contributed by atoms with Crippen molar-refractivity contribution < 1.29 is 4.79 Å². The number of hydrogen-bond acceptors (Lipinski definition) is 3. The van der Waals surface area contributed by atoms with Gasteiger partial charge in [-0.25, -0.2) is 0 Å². The van der Waals surface area contributed by atoms with Gasteiger partial charge in [0.1, 0.15) is 5.69 Å². The largest absolute Gasteiger partial charge is 0.355 e. The quantitative estimate of drug-likeness (QED) is 0.852. The summed E-state index contributed by atoms with van der Waals surface area (Å²) in [4.78, 5) is 16.1. The Morgan fingerprint density at radius 1 is 1.19 bits per heavy atom. The molecule has 0 radical (unpaired) electrons. The summed E-state index contributed by atoms with van der Waals surface area (Å²) >= 11 is 0. The van der Waals surface area contributed by atoms with Gasteiger partial charge in [0, 0.05) is 24.1 Å². The number of amides is 1. The van der Waals surface area contributed by atoms with E-state index in [0.29, 0.717) is 12.2 Å². The monoisotopic (exact) mass is 283 g/mol. The van der Waals surface area contributed by atoms with Gasteiger partial charge in [0.25, 0.3) is 5.91 Å². The Morgan fingerprint density at radius 2 is 2.00 bits per heavy atom. The van der Waals surface area contributed by atoms with Gasteiger partial charge in [-0.3, -0.25) is 9.78 Å². The van der Waals surface area contributed by atoms with Crippen LogP contribution in [0.4, 0.5) is 11.4 Å². The van der Waals surface area contributed by atoms with Crippen LogP contribution >= 0.6 is 0 Å². The van der Waals surface area contributed by atoms with E-state index < -0.39 is 0 Å². The van der Waals surface area contributed by atoms with Gasteiger partial charge in [0.15, 0.2) is 0 Å². The summed E-state index contributed by atoms with van der Waals surface area (Å²) in [6.45, 7) is 4.81. The first-order valence-electron chi connectivity index (χ1n) is 7.33. The smallest absolute Gasteiger partial charge is 0.269 e. The van der Waals surface area contributed by atoms with Gasteiger partial charge in [0.2, 0.25) is 0 Å². The number of anilines is 2. The number of pyridine rings is 1. The molecule has 110 valence electrons. The van der Waals surface area contributed by atoms with Gasteiger partial charge in [-0.15, -0.1) is 0 Å². The summed E-state index contributed by atoms with van der Waals surface area (Å²) in [6, 6.07) is 11.8. The van der Waals surface area contributed by atoms with Crippen LogP contribution in [0.1, 0.15) is 36.3 Å². The molecule has 1 heterocycles. The molecule has 21 heavy (non-hydrogen) atoms. The molecule has 1 amide bonds. The number of carbonyl (C=O) groups is 1. The molecule has 0 saturated carbocycles. The van der Waals surface area contributed by atoms with Crippen LogP contribution in [0.3, 0.4) is 0 Å². The number of carbonyl (C=O) groups excluding carboxylic acids is 1. The molecule has 4 heteroatoms. The molecule has 0 bridgehead atoms. The third-order valence-electron chi connectivity index (χ3n) is 3.21. The Labute approximate surface area is 125 Å². The summed E-state index contributed by atoms with van der Waals surface area (Å²) in [6.07, 6.45) is 3.52. The van der Waals surface area contributed by atoms with E-state index in [1.807, 2.05) is 31.2 Å². The maximum Gasteiger partial charge on any atom is 0.269 e. The highest BCUT2D eigenvalue weighted by molar-refractivity contribution is 5.93. The number of nitrogens with zero attached hydrogens (tertiary/aromatic N) is 1. The molecule has 4 nitrogen and oxygen atoms in total. The summed E-state index contributed by atoms with van der Waals surface area (Å²) in [7, 11) is 0. The van der Waals surface area contributed by atoms with Gasteiger partial charge in [0.05, 0.1) is 0 Å². The van der Waals surface area contributed by atoms with Crippen molar-refractivity contribution in [2.45, 2.75) is 26.7 Å². The summed E-state index contributed by atoms with van der Waals surface area (Å²) < 4.78 is 0. The number of aryl methyl sites for hydroxylation is 1. The lowest BCUT2D eigenvalue weighted by Gasteiger charge is -2.11. The van der Waals surface area contributed by atoms with Gasteiger partial charge in [-0.2, -0.15) is 0 Å². The van der Waals surface area contributed by atoms with Crippen molar-refractivity contribution in [1.29, 1.82) is 0 Å². The first-order chi connectivity index (χ1) is 10.2.